The lowest BCUT2D eigenvalue weighted by molar-refractivity contribution is 0.759. The van der Waals surface area contributed by atoms with Crippen molar-refractivity contribution in [2.45, 2.75) is 43.0 Å². The summed E-state index contributed by atoms with van der Waals surface area (Å²) in [6.07, 6.45) is 1.04. The van der Waals surface area contributed by atoms with Crippen LogP contribution in [0.4, 0.5) is 17.5 Å². The number of H-pyrrole nitrogens is 1. The van der Waals surface area contributed by atoms with Crippen LogP contribution in [-0.2, 0) is 0 Å². The van der Waals surface area contributed by atoms with Crippen LogP contribution in [0.5, 0.6) is 0 Å². The molecule has 3 aromatic rings. The van der Waals surface area contributed by atoms with Gasteiger partial charge in [0.25, 0.3) is 0 Å². The molecule has 0 radical (unpaired) electrons. The van der Waals surface area contributed by atoms with Crippen molar-refractivity contribution in [1.82, 2.24) is 15.2 Å². The average molecular weight is 353 g/mol. The first-order valence-electron chi connectivity index (χ1n) is 8.43. The van der Waals surface area contributed by atoms with Crippen LogP contribution in [0.15, 0.2) is 58.3 Å². The van der Waals surface area contributed by atoms with Gasteiger partial charge in [0.2, 0.25) is 0 Å². The number of hydrogen-bond donors (Lipinski definition) is 3. The Morgan fingerprint density at radius 3 is 2.48 bits per heavy atom. The quantitative estimate of drug-likeness (QED) is 0.543. The van der Waals surface area contributed by atoms with Crippen LogP contribution in [0.25, 0.3) is 0 Å². The molecule has 2 heterocycles. The molecule has 6 heteroatoms. The molecule has 0 amide bonds. The van der Waals surface area contributed by atoms with Crippen LogP contribution in [0.1, 0.15) is 26.0 Å². The smallest absolute Gasteiger partial charge is 0.153 e. The maximum absolute atomic E-state index is 4.68. The Balaban J connectivity index is 1.87. The van der Waals surface area contributed by atoms with Gasteiger partial charge in [-0.1, -0.05) is 36.9 Å². The fraction of sp³-hybridized carbons (Fsp3) is 0.263. The predicted octanol–water partition coefficient (Wildman–Crippen LogP) is 5.22. The molecule has 5 nitrogen and oxygen atoms in total. The van der Waals surface area contributed by atoms with Gasteiger partial charge in [-0.2, -0.15) is 5.10 Å². The number of aryl methyl sites for hydroxylation is 1. The van der Waals surface area contributed by atoms with E-state index in [9.17, 15) is 0 Å². The van der Waals surface area contributed by atoms with Crippen LogP contribution in [0, 0.1) is 6.92 Å². The minimum Gasteiger partial charge on any atom is -0.368 e. The zero-order valence-electron chi connectivity index (χ0n) is 14.7. The van der Waals surface area contributed by atoms with Crippen molar-refractivity contribution >= 4 is 29.2 Å². The summed E-state index contributed by atoms with van der Waals surface area (Å²) in [7, 11) is 0. The molecular weight excluding hydrogens is 330 g/mol. The summed E-state index contributed by atoms with van der Waals surface area (Å²) in [5.41, 5.74) is 1.01. The lowest BCUT2D eigenvalue weighted by atomic mass is 10.2. The third kappa shape index (κ3) is 5.00. The minimum absolute atomic E-state index is 0.366. The van der Waals surface area contributed by atoms with Gasteiger partial charge in [-0.3, -0.25) is 5.10 Å². The highest BCUT2D eigenvalue weighted by Crippen LogP contribution is 2.31. The van der Waals surface area contributed by atoms with Gasteiger partial charge in [0.1, 0.15) is 11.6 Å². The highest BCUT2D eigenvalue weighted by Gasteiger charge is 2.08. The lowest BCUT2D eigenvalue weighted by Crippen LogP contribution is -2.14. The molecular formula is C19H23N5S. The van der Waals surface area contributed by atoms with Crippen LogP contribution in [0.3, 0.4) is 0 Å². The average Bonchev–Trinajstić information content (AvgIpc) is 3.00. The Kier molecular flexibility index (Phi) is 5.60. The van der Waals surface area contributed by atoms with E-state index in [0.717, 1.165) is 34.5 Å². The first kappa shape index (κ1) is 17.4. The summed E-state index contributed by atoms with van der Waals surface area (Å²) < 4.78 is 0. The van der Waals surface area contributed by atoms with Crippen LogP contribution < -0.4 is 10.6 Å². The monoisotopic (exact) mass is 353 g/mol. The number of nitrogens with one attached hydrogen (secondary N) is 3. The number of rotatable bonds is 7. The fourth-order valence-electron chi connectivity index (χ4n) is 2.29. The van der Waals surface area contributed by atoms with Gasteiger partial charge in [-0.25, -0.2) is 4.98 Å². The standard InChI is InChI=1S/C19H23N5S/c1-4-13(2)20-17-11-16(25-15-8-6-5-7-9-15)12-18(21-17)22-19-10-14(3)23-24-19/h5-13H,4H2,1-3H3,(H3,20,21,22,23,24). The SMILES string of the molecule is CCC(C)Nc1cc(Sc2ccccc2)cc(Nc2cc(C)[nH]n2)n1. The highest BCUT2D eigenvalue weighted by molar-refractivity contribution is 7.99. The van der Waals surface area contributed by atoms with Gasteiger partial charge < -0.3 is 10.6 Å². The van der Waals surface area contributed by atoms with E-state index < -0.39 is 0 Å². The van der Waals surface area contributed by atoms with Gasteiger partial charge in [0, 0.05) is 27.6 Å². The number of aromatic nitrogens is 3. The molecule has 0 saturated carbocycles. The molecule has 0 bridgehead atoms. The summed E-state index contributed by atoms with van der Waals surface area (Å²) in [5, 5.41) is 13.9. The molecule has 3 N–H and O–H groups in total. The van der Waals surface area contributed by atoms with E-state index in [1.54, 1.807) is 11.8 Å². The minimum atomic E-state index is 0.366. The third-order valence-electron chi connectivity index (χ3n) is 3.75. The van der Waals surface area contributed by atoms with E-state index in [2.05, 4.69) is 57.9 Å². The van der Waals surface area contributed by atoms with E-state index in [-0.39, 0.29) is 0 Å². The van der Waals surface area contributed by atoms with E-state index >= 15 is 0 Å². The maximum Gasteiger partial charge on any atom is 0.153 e. The molecule has 0 aliphatic rings. The zero-order valence-corrected chi connectivity index (χ0v) is 15.5. The fourth-order valence-corrected chi connectivity index (χ4v) is 3.20. The molecule has 0 aliphatic heterocycles. The Morgan fingerprint density at radius 2 is 1.80 bits per heavy atom. The summed E-state index contributed by atoms with van der Waals surface area (Å²) in [6, 6.07) is 16.8. The van der Waals surface area contributed by atoms with Gasteiger partial charge in [-0.05, 0) is 44.5 Å². The van der Waals surface area contributed by atoms with E-state index in [0.29, 0.717) is 6.04 Å². The van der Waals surface area contributed by atoms with Gasteiger partial charge in [0.05, 0.1) is 0 Å². The van der Waals surface area contributed by atoms with Gasteiger partial charge in [0.15, 0.2) is 5.82 Å². The lowest BCUT2D eigenvalue weighted by Gasteiger charge is -2.15. The first-order valence-corrected chi connectivity index (χ1v) is 9.24. The number of anilines is 3. The van der Waals surface area contributed by atoms with E-state index in [1.807, 2.05) is 37.3 Å². The summed E-state index contributed by atoms with van der Waals surface area (Å²) in [6.45, 7) is 6.29. The first-order chi connectivity index (χ1) is 12.1. The third-order valence-corrected chi connectivity index (χ3v) is 4.73. The normalized spacial score (nSPS) is 12.0. The Morgan fingerprint density at radius 1 is 1.04 bits per heavy atom. The number of nitrogens with zero attached hydrogens (tertiary/aromatic N) is 2. The van der Waals surface area contributed by atoms with Crippen LogP contribution in [-0.4, -0.2) is 21.2 Å². The molecule has 3 rings (SSSR count). The second-order valence-electron chi connectivity index (χ2n) is 6.00. The number of benzene rings is 1. The predicted molar refractivity (Wildman–Crippen MR) is 105 cm³/mol. The van der Waals surface area contributed by atoms with Crippen molar-refractivity contribution in [2.24, 2.45) is 0 Å². The zero-order chi connectivity index (χ0) is 17.6. The van der Waals surface area contributed by atoms with Crippen molar-refractivity contribution in [3.05, 3.63) is 54.2 Å². The number of hydrogen-bond acceptors (Lipinski definition) is 5. The Labute approximate surface area is 152 Å². The van der Waals surface area contributed by atoms with E-state index in [1.165, 1.54) is 4.90 Å². The molecule has 25 heavy (non-hydrogen) atoms. The van der Waals surface area contributed by atoms with Crippen molar-refractivity contribution in [3.8, 4) is 0 Å². The second kappa shape index (κ2) is 8.07. The topological polar surface area (TPSA) is 65.6 Å². The maximum atomic E-state index is 4.68. The Bertz CT molecular complexity index is 816. The molecule has 1 unspecified atom stereocenters. The molecule has 130 valence electrons. The molecule has 0 saturated heterocycles. The molecule has 0 aliphatic carbocycles. The number of pyridine rings is 1. The van der Waals surface area contributed by atoms with Crippen molar-refractivity contribution in [2.75, 3.05) is 10.6 Å². The van der Waals surface area contributed by atoms with Gasteiger partial charge in [-0.15, -0.1) is 0 Å². The summed E-state index contributed by atoms with van der Waals surface area (Å²) in [4.78, 5) is 7.00. The highest BCUT2D eigenvalue weighted by atomic mass is 32.2. The largest absolute Gasteiger partial charge is 0.368 e. The van der Waals surface area contributed by atoms with Crippen molar-refractivity contribution < 1.29 is 0 Å². The molecule has 0 fully saturated rings. The summed E-state index contributed by atoms with van der Waals surface area (Å²) >= 11 is 1.72. The second-order valence-corrected chi connectivity index (χ2v) is 7.15. The van der Waals surface area contributed by atoms with Crippen LogP contribution >= 0.6 is 11.8 Å². The van der Waals surface area contributed by atoms with Crippen molar-refractivity contribution in [3.63, 3.8) is 0 Å². The Hall–Kier alpha value is -2.47. The van der Waals surface area contributed by atoms with E-state index in [4.69, 9.17) is 0 Å². The van der Waals surface area contributed by atoms with Crippen molar-refractivity contribution in [1.29, 1.82) is 0 Å². The van der Waals surface area contributed by atoms with Gasteiger partial charge >= 0.3 is 0 Å². The molecule has 1 atom stereocenters. The summed E-state index contributed by atoms with van der Waals surface area (Å²) in [5.74, 6) is 2.41. The molecule has 1 aromatic carbocycles. The molecule has 2 aromatic heterocycles. The van der Waals surface area contributed by atoms with Crippen LogP contribution in [0.2, 0.25) is 0 Å². The molecule has 0 spiro atoms. The number of aromatic amines is 1.